The molecule has 17 nitrogen and oxygen atoms in total. The van der Waals surface area contributed by atoms with Gasteiger partial charge in [0.1, 0.15) is 40.0 Å². The first-order valence-corrected chi connectivity index (χ1v) is 29.7. The van der Waals surface area contributed by atoms with Gasteiger partial charge in [0.2, 0.25) is 11.8 Å². The number of amides is 2. The number of esters is 4. The van der Waals surface area contributed by atoms with Crippen molar-refractivity contribution in [3.63, 3.8) is 0 Å². The summed E-state index contributed by atoms with van der Waals surface area (Å²) in [6.45, 7) is 1.95. The molecule has 4 aromatic rings. The zero-order valence-electron chi connectivity index (χ0n) is 47.5. The molecule has 8 aliphatic carbocycles. The SMILES string of the molecule is CCCN1C(=O)[C@@]23[C@@H]4O[C@@H]([C@@H]5[C@H]4[C@@]4(C(=O)OC)[C@@H]6C[C@@H]([C@@H]7[C@H]6[C@@H]6CC[C@H]7C6=C(C#N)C#N)[C@@]54C(=O)OC)[C@]2(C1=O)[C@@H]1O[C@H]3[C@@H]2[C@H]1[C@@]1(C(=O)OC)[C@@H]3C[C@@H](c4c3c(-c3ccccc3)c3c(OC)ccc(OC)c3c4-c3ccccc3)[C@@]21C(=O)OC. The van der Waals surface area contributed by atoms with Crippen LogP contribution in [0.1, 0.15) is 62.0 Å². The number of methoxy groups -OCH3 is 6. The van der Waals surface area contributed by atoms with Crippen LogP contribution >= 0.6 is 0 Å². The third kappa shape index (κ3) is 4.44. The largest absolute Gasteiger partial charge is 0.496 e. The van der Waals surface area contributed by atoms with E-state index in [9.17, 15) is 10.5 Å². The summed E-state index contributed by atoms with van der Waals surface area (Å²) in [5, 5.41) is 22.3. The van der Waals surface area contributed by atoms with Crippen LogP contribution in [0.4, 0.5) is 0 Å². The minimum absolute atomic E-state index is 0.0566. The highest BCUT2D eigenvalue weighted by molar-refractivity contribution is 6.17. The van der Waals surface area contributed by atoms with Crippen molar-refractivity contribution in [3.8, 4) is 45.9 Å². The number of imide groups is 1. The van der Waals surface area contributed by atoms with Crippen molar-refractivity contribution in [1.29, 1.82) is 10.5 Å². The van der Waals surface area contributed by atoms with E-state index < -0.39 is 140 Å². The van der Waals surface area contributed by atoms with E-state index in [0.717, 1.165) is 49.7 Å². The molecule has 0 spiro atoms. The second-order valence-corrected chi connectivity index (χ2v) is 26.3. The van der Waals surface area contributed by atoms with Gasteiger partial charge in [-0.3, -0.25) is 33.7 Å². The molecule has 0 radical (unpaired) electrons. The predicted molar refractivity (Wildman–Crippen MR) is 292 cm³/mol. The van der Waals surface area contributed by atoms with E-state index in [2.05, 4.69) is 12.1 Å². The van der Waals surface area contributed by atoms with Gasteiger partial charge in [-0.05, 0) is 119 Å². The van der Waals surface area contributed by atoms with Crippen LogP contribution in [0.3, 0.4) is 0 Å². The molecular formula is C67H61N3O14. The molecule has 17 heteroatoms. The van der Waals surface area contributed by atoms with E-state index in [1.165, 1.54) is 33.3 Å². The number of likely N-dealkylation sites (tertiary alicyclic amines) is 1. The molecule has 5 aliphatic heterocycles. The average molecular weight is 1130 g/mol. The number of rotatable bonds is 10. The van der Waals surface area contributed by atoms with Gasteiger partial charge in [-0.2, -0.15) is 10.5 Å². The lowest BCUT2D eigenvalue weighted by Gasteiger charge is -2.75. The normalized spacial score (nSPS) is 43.4. The van der Waals surface area contributed by atoms with Crippen molar-refractivity contribution in [2.45, 2.75) is 75.3 Å². The number of carbonyl (C=O) groups is 6. The fourth-order valence-electron chi connectivity index (χ4n) is 24.9. The van der Waals surface area contributed by atoms with Crippen molar-refractivity contribution in [2.24, 2.45) is 91.7 Å². The fourth-order valence-corrected chi connectivity index (χ4v) is 24.9. The Morgan fingerprint density at radius 3 is 1.30 bits per heavy atom. The summed E-state index contributed by atoms with van der Waals surface area (Å²) in [6.07, 6.45) is -2.34. The number of hydrogen-bond donors (Lipinski definition) is 0. The Labute approximate surface area is 483 Å². The van der Waals surface area contributed by atoms with E-state index >= 15 is 28.8 Å². The molecule has 5 heterocycles. The van der Waals surface area contributed by atoms with Crippen LogP contribution in [0.15, 0.2) is 83.9 Å². The third-order valence-electron chi connectivity index (χ3n) is 25.7. The van der Waals surface area contributed by atoms with Crippen molar-refractivity contribution in [3.05, 3.63) is 95.1 Å². The standard InChI is InChI=1S/C67H61N3O14/c1-8-23-70-56(71)66-52-48-49(63(59(74)80-5)34-24-33(62(48,63)58(73)79-4)42-31-19-20-32(43(34)42)39(31)30(26-68)27-69)53(83-52)67(66,57(70)72)55-51-50(54(66)84-55)64(60(75)81-6)35-25-36(65(51,64)61(76)82-7)45-41(29-17-13-10-14-18-29)47-38(78-3)22-21-37(77-2)46(47)40(44(35)45)28-15-11-9-12-16-28/h9-18,21-22,31-36,42-43,48-55H,8,19-20,23-25H2,1-7H3/t31-,32+,33-,34+,35+,36-,42+,43-,48-,49+,50+,51-,52-,53+,54+,55-,62-,63+,64+,65-,66+,67-. The number of nitrogens with zero attached hydrogens (tertiary/aromatic N) is 3. The second kappa shape index (κ2) is 16.0. The van der Waals surface area contributed by atoms with Crippen molar-refractivity contribution in [2.75, 3.05) is 49.2 Å². The number of hydrogen-bond acceptors (Lipinski definition) is 16. The smallest absolute Gasteiger partial charge is 0.314 e. The zero-order valence-corrected chi connectivity index (χ0v) is 47.5. The molecule has 7 saturated carbocycles. The van der Waals surface area contributed by atoms with Crippen molar-refractivity contribution >= 4 is 46.5 Å². The van der Waals surface area contributed by atoms with E-state index in [0.29, 0.717) is 37.2 Å². The predicted octanol–water partition coefficient (Wildman–Crippen LogP) is 7.48. The highest BCUT2D eigenvalue weighted by Crippen LogP contribution is 2.99. The monoisotopic (exact) mass is 1130 g/mol. The third-order valence-corrected chi connectivity index (χ3v) is 25.7. The van der Waals surface area contributed by atoms with Gasteiger partial charge < -0.3 is 37.9 Å². The lowest BCUT2D eigenvalue weighted by molar-refractivity contribution is -0.298. The lowest BCUT2D eigenvalue weighted by atomic mass is 9.22. The molecule has 428 valence electrons. The molecular weight excluding hydrogens is 1070 g/mol. The summed E-state index contributed by atoms with van der Waals surface area (Å²) >= 11 is 0. The number of carbonyl (C=O) groups excluding carboxylic acids is 6. The molecule has 17 rings (SSSR count). The summed E-state index contributed by atoms with van der Waals surface area (Å²) in [5.74, 6) is -9.51. The molecule has 0 N–H and O–H groups in total. The summed E-state index contributed by atoms with van der Waals surface area (Å²) in [7, 11) is 8.52. The van der Waals surface area contributed by atoms with Crippen LogP contribution in [0.25, 0.3) is 33.0 Å². The van der Waals surface area contributed by atoms with E-state index in [1.807, 2.05) is 79.7 Å². The molecule has 0 aromatic heterocycles. The van der Waals surface area contributed by atoms with Gasteiger partial charge >= 0.3 is 23.9 Å². The van der Waals surface area contributed by atoms with Crippen LogP contribution in [0.5, 0.6) is 11.5 Å². The van der Waals surface area contributed by atoms with Crippen LogP contribution in [0, 0.1) is 114 Å². The number of nitriles is 2. The zero-order chi connectivity index (χ0) is 58.0. The molecule has 5 saturated heterocycles. The first-order valence-electron chi connectivity index (χ1n) is 29.7. The number of ether oxygens (including phenoxy) is 8. The van der Waals surface area contributed by atoms with Crippen molar-refractivity contribution in [1.82, 2.24) is 4.90 Å². The summed E-state index contributed by atoms with van der Waals surface area (Å²) in [5.41, 5.74) is -4.78. The van der Waals surface area contributed by atoms with Crippen LogP contribution in [0.2, 0.25) is 0 Å². The van der Waals surface area contributed by atoms with Crippen molar-refractivity contribution < 1.29 is 66.7 Å². The first kappa shape index (κ1) is 50.9. The maximum atomic E-state index is 16.7. The Bertz CT molecular complexity index is 3690. The van der Waals surface area contributed by atoms with Crippen LogP contribution < -0.4 is 9.47 Å². The van der Waals surface area contributed by atoms with Gasteiger partial charge in [0, 0.05) is 52.8 Å². The molecule has 13 aliphatic rings. The molecule has 2 amide bonds. The van der Waals surface area contributed by atoms with Gasteiger partial charge in [0.25, 0.3) is 0 Å². The molecule has 10 bridgehead atoms. The topological polar surface area (TPSA) is 227 Å². The molecule has 22 atom stereocenters. The summed E-state index contributed by atoms with van der Waals surface area (Å²) in [6, 6.07) is 27.9. The molecule has 12 fully saturated rings. The minimum Gasteiger partial charge on any atom is -0.496 e. The Morgan fingerprint density at radius 1 is 0.560 bits per heavy atom. The highest BCUT2D eigenvalue weighted by atomic mass is 16.6. The Morgan fingerprint density at radius 2 is 0.940 bits per heavy atom. The fraction of sp³-hybridized carbons (Fsp3) is 0.522. The van der Waals surface area contributed by atoms with Gasteiger partial charge in [0.05, 0.1) is 88.7 Å². The number of fused-ring (bicyclic) bond motifs is 35. The van der Waals surface area contributed by atoms with Gasteiger partial charge in [-0.1, -0.05) is 67.6 Å². The Balaban J connectivity index is 0.947. The number of allylic oxidation sites excluding steroid dienone is 2. The van der Waals surface area contributed by atoms with Gasteiger partial charge in [-0.15, -0.1) is 0 Å². The Kier molecular flexibility index (Phi) is 9.70. The van der Waals surface area contributed by atoms with E-state index in [-0.39, 0.29) is 42.2 Å². The summed E-state index contributed by atoms with van der Waals surface area (Å²) in [4.78, 5) is 98.8. The highest BCUT2D eigenvalue weighted by Gasteiger charge is 3.08. The van der Waals surface area contributed by atoms with Crippen LogP contribution in [-0.2, 0) is 57.2 Å². The molecule has 4 aromatic carbocycles. The molecule has 84 heavy (non-hydrogen) atoms. The average Bonchev–Trinajstić information content (AvgIpc) is 1.36. The first-order chi connectivity index (χ1) is 40.8. The minimum atomic E-state index is -1.86. The van der Waals surface area contributed by atoms with E-state index in [1.54, 1.807) is 14.2 Å². The molecule has 0 unspecified atom stereocenters. The van der Waals surface area contributed by atoms with Crippen LogP contribution in [-0.4, -0.2) is 114 Å². The number of benzene rings is 4. The quantitative estimate of drug-likeness (QED) is 0.0374. The second-order valence-electron chi connectivity index (χ2n) is 26.3. The maximum Gasteiger partial charge on any atom is 0.314 e. The van der Waals surface area contributed by atoms with Gasteiger partial charge in [0.15, 0.2) is 0 Å². The maximum absolute atomic E-state index is 16.7. The summed E-state index contributed by atoms with van der Waals surface area (Å²) < 4.78 is 52.1. The van der Waals surface area contributed by atoms with E-state index in [4.69, 9.17) is 37.9 Å². The van der Waals surface area contributed by atoms with Gasteiger partial charge in [-0.25, -0.2) is 0 Å². The lowest BCUT2D eigenvalue weighted by Crippen LogP contribution is -2.86. The Hall–Kier alpha value is -7.60.